The van der Waals surface area contributed by atoms with Crippen LogP contribution in [0.1, 0.15) is 22.7 Å². The third-order valence-electron chi connectivity index (χ3n) is 3.70. The molecule has 0 bridgehead atoms. The Bertz CT molecular complexity index is 851. The Labute approximate surface area is 140 Å². The maximum atomic E-state index is 12.5. The van der Waals surface area contributed by atoms with Gasteiger partial charge in [-0.3, -0.25) is 10.1 Å². The van der Waals surface area contributed by atoms with E-state index < -0.39 is 21.0 Å². The van der Waals surface area contributed by atoms with E-state index >= 15 is 0 Å². The summed E-state index contributed by atoms with van der Waals surface area (Å²) in [6.45, 7) is 3.16. The molecule has 3 N–H and O–H groups in total. The van der Waals surface area contributed by atoms with Gasteiger partial charge < -0.3 is 5.73 Å². The molecule has 0 saturated carbocycles. The first-order chi connectivity index (χ1) is 11.2. The van der Waals surface area contributed by atoms with Gasteiger partial charge in [0.2, 0.25) is 10.0 Å². The highest BCUT2D eigenvalue weighted by Crippen LogP contribution is 2.26. The average Bonchev–Trinajstić information content (AvgIpc) is 2.53. The number of nitrogens with one attached hydrogen (secondary N) is 1. The van der Waals surface area contributed by atoms with Gasteiger partial charge in [0.05, 0.1) is 9.82 Å². The first-order valence-electron chi connectivity index (χ1n) is 7.28. The van der Waals surface area contributed by atoms with Crippen LogP contribution in [-0.2, 0) is 10.0 Å². The predicted octanol–water partition coefficient (Wildman–Crippen LogP) is 2.19. The highest BCUT2D eigenvalue weighted by Gasteiger charge is 2.23. The van der Waals surface area contributed by atoms with E-state index in [-0.39, 0.29) is 17.1 Å². The van der Waals surface area contributed by atoms with Crippen molar-refractivity contribution < 1.29 is 13.3 Å². The molecule has 1 unspecified atom stereocenters. The molecule has 24 heavy (non-hydrogen) atoms. The minimum absolute atomic E-state index is 0.00649. The molecule has 8 heteroatoms. The molecule has 0 aliphatic rings. The summed E-state index contributed by atoms with van der Waals surface area (Å²) >= 11 is 0. The van der Waals surface area contributed by atoms with Gasteiger partial charge in [0.15, 0.2) is 0 Å². The molecule has 7 nitrogen and oxygen atoms in total. The Hall–Kier alpha value is -2.29. The van der Waals surface area contributed by atoms with Gasteiger partial charge in [-0.25, -0.2) is 13.1 Å². The molecule has 2 aromatic carbocycles. The van der Waals surface area contributed by atoms with Gasteiger partial charge in [-0.2, -0.15) is 0 Å². The number of aryl methyl sites for hydroxylation is 2. The van der Waals surface area contributed by atoms with E-state index in [2.05, 4.69) is 4.72 Å². The zero-order valence-electron chi connectivity index (χ0n) is 13.4. The molecule has 0 aromatic heterocycles. The van der Waals surface area contributed by atoms with Gasteiger partial charge in [0.1, 0.15) is 0 Å². The van der Waals surface area contributed by atoms with Gasteiger partial charge in [0, 0.05) is 24.2 Å². The number of nitro benzene ring substituents is 1. The summed E-state index contributed by atoms with van der Waals surface area (Å²) in [7, 11) is -3.90. The molecule has 0 radical (unpaired) electrons. The minimum Gasteiger partial charge on any atom is -0.323 e. The molecule has 0 heterocycles. The van der Waals surface area contributed by atoms with Crippen molar-refractivity contribution in [1.29, 1.82) is 0 Å². The summed E-state index contributed by atoms with van der Waals surface area (Å²) in [4.78, 5) is 10.3. The average molecular weight is 349 g/mol. The van der Waals surface area contributed by atoms with Crippen molar-refractivity contribution in [1.82, 2.24) is 4.72 Å². The Morgan fingerprint density at radius 3 is 2.38 bits per heavy atom. The fraction of sp³-hybridized carbons (Fsp3) is 0.250. The molecular weight excluding hydrogens is 330 g/mol. The van der Waals surface area contributed by atoms with Crippen molar-refractivity contribution in [2.24, 2.45) is 5.73 Å². The molecule has 1 atom stereocenters. The molecule has 2 rings (SSSR count). The van der Waals surface area contributed by atoms with Gasteiger partial charge in [-0.1, -0.05) is 30.3 Å². The summed E-state index contributed by atoms with van der Waals surface area (Å²) in [5.41, 5.74) is 7.41. The normalized spacial score (nSPS) is 12.8. The maximum Gasteiger partial charge on any atom is 0.273 e. The number of rotatable bonds is 6. The molecule has 2 aromatic rings. The third-order valence-corrected chi connectivity index (χ3v) is 5.27. The van der Waals surface area contributed by atoms with E-state index in [1.54, 1.807) is 26.0 Å². The molecule has 0 spiro atoms. The monoisotopic (exact) mass is 349 g/mol. The van der Waals surface area contributed by atoms with Gasteiger partial charge in [0.25, 0.3) is 5.69 Å². The van der Waals surface area contributed by atoms with Crippen LogP contribution in [0.3, 0.4) is 0 Å². The SMILES string of the molecule is Cc1cc(C)c(S(=O)(=O)NCC(N)c2ccccc2)cc1[N+](=O)[O-]. The molecule has 128 valence electrons. The fourth-order valence-corrected chi connectivity index (χ4v) is 3.71. The van der Waals surface area contributed by atoms with Crippen molar-refractivity contribution in [2.45, 2.75) is 24.8 Å². The largest absolute Gasteiger partial charge is 0.323 e. The van der Waals surface area contributed by atoms with Crippen LogP contribution in [0.2, 0.25) is 0 Å². The van der Waals surface area contributed by atoms with Crippen LogP contribution in [0.4, 0.5) is 5.69 Å². The summed E-state index contributed by atoms with van der Waals surface area (Å²) in [5, 5.41) is 11.0. The molecule has 0 fully saturated rings. The van der Waals surface area contributed by atoms with Crippen LogP contribution in [0, 0.1) is 24.0 Å². The van der Waals surface area contributed by atoms with E-state index in [1.807, 2.05) is 18.2 Å². The first kappa shape index (κ1) is 18.1. The highest BCUT2D eigenvalue weighted by molar-refractivity contribution is 7.89. The Morgan fingerprint density at radius 1 is 1.17 bits per heavy atom. The second-order valence-corrected chi connectivity index (χ2v) is 7.27. The van der Waals surface area contributed by atoms with E-state index in [9.17, 15) is 18.5 Å². The Balaban J connectivity index is 2.25. The standard InChI is InChI=1S/C16H19N3O4S/c1-11-8-12(2)16(9-15(11)19(20)21)24(22,23)18-10-14(17)13-6-4-3-5-7-13/h3-9,14,18H,10,17H2,1-2H3. The summed E-state index contributed by atoms with van der Waals surface area (Å²) in [6, 6.07) is 11.2. The summed E-state index contributed by atoms with van der Waals surface area (Å²) < 4.78 is 27.4. The highest BCUT2D eigenvalue weighted by atomic mass is 32.2. The van der Waals surface area contributed by atoms with Gasteiger partial charge >= 0.3 is 0 Å². The van der Waals surface area contributed by atoms with E-state index in [0.717, 1.165) is 11.6 Å². The zero-order chi connectivity index (χ0) is 17.9. The van der Waals surface area contributed by atoms with Crippen LogP contribution in [0.25, 0.3) is 0 Å². The Kier molecular flexibility index (Phi) is 5.33. The zero-order valence-corrected chi connectivity index (χ0v) is 14.2. The molecule has 0 aliphatic heterocycles. The molecule has 0 amide bonds. The summed E-state index contributed by atoms with van der Waals surface area (Å²) in [6.07, 6.45) is 0. The lowest BCUT2D eigenvalue weighted by molar-refractivity contribution is -0.385. The van der Waals surface area contributed by atoms with Gasteiger partial charge in [-0.15, -0.1) is 0 Å². The van der Waals surface area contributed by atoms with Crippen LogP contribution in [0.5, 0.6) is 0 Å². The lowest BCUT2D eigenvalue weighted by Crippen LogP contribution is -2.32. The lowest BCUT2D eigenvalue weighted by Gasteiger charge is -2.15. The van der Waals surface area contributed by atoms with E-state index in [0.29, 0.717) is 11.1 Å². The smallest absolute Gasteiger partial charge is 0.273 e. The topological polar surface area (TPSA) is 115 Å². The fourth-order valence-electron chi connectivity index (χ4n) is 2.40. The van der Waals surface area contributed by atoms with Crippen LogP contribution < -0.4 is 10.5 Å². The van der Waals surface area contributed by atoms with Crippen LogP contribution in [0.15, 0.2) is 47.4 Å². The van der Waals surface area contributed by atoms with Crippen molar-refractivity contribution in [3.63, 3.8) is 0 Å². The van der Waals surface area contributed by atoms with Crippen LogP contribution >= 0.6 is 0 Å². The van der Waals surface area contributed by atoms with Gasteiger partial charge in [-0.05, 0) is 31.0 Å². The lowest BCUT2D eigenvalue weighted by atomic mass is 10.1. The number of nitrogens with two attached hydrogens (primary N) is 1. The van der Waals surface area contributed by atoms with Crippen LogP contribution in [-0.4, -0.2) is 19.9 Å². The second-order valence-electron chi connectivity index (χ2n) is 5.53. The number of benzene rings is 2. The number of sulfonamides is 1. The molecule has 0 saturated heterocycles. The Morgan fingerprint density at radius 2 is 1.79 bits per heavy atom. The second kappa shape index (κ2) is 7.08. The number of nitro groups is 1. The van der Waals surface area contributed by atoms with E-state index in [1.165, 1.54) is 6.07 Å². The third kappa shape index (κ3) is 3.97. The van der Waals surface area contributed by atoms with E-state index in [4.69, 9.17) is 5.73 Å². The minimum atomic E-state index is -3.90. The molecule has 0 aliphatic carbocycles. The summed E-state index contributed by atoms with van der Waals surface area (Å²) in [5.74, 6) is 0. The van der Waals surface area contributed by atoms with Crippen molar-refractivity contribution >= 4 is 15.7 Å². The quantitative estimate of drug-likeness (QED) is 0.612. The van der Waals surface area contributed by atoms with Crippen molar-refractivity contribution in [3.8, 4) is 0 Å². The number of hydrogen-bond acceptors (Lipinski definition) is 5. The first-order valence-corrected chi connectivity index (χ1v) is 8.76. The number of nitrogens with zero attached hydrogens (tertiary/aromatic N) is 1. The maximum absolute atomic E-state index is 12.5. The number of hydrogen-bond donors (Lipinski definition) is 2. The molecular formula is C16H19N3O4S. The predicted molar refractivity (Wildman–Crippen MR) is 91.1 cm³/mol. The van der Waals surface area contributed by atoms with Crippen molar-refractivity contribution in [2.75, 3.05) is 6.54 Å². The van der Waals surface area contributed by atoms with Crippen molar-refractivity contribution in [3.05, 3.63) is 69.3 Å².